The average molecular weight is 491 g/mol. The van der Waals surface area contributed by atoms with E-state index in [0.717, 1.165) is 45.0 Å². The van der Waals surface area contributed by atoms with Gasteiger partial charge in [0.05, 0.1) is 4.88 Å². The molecule has 6 nitrogen and oxygen atoms in total. The van der Waals surface area contributed by atoms with E-state index in [1.807, 2.05) is 37.4 Å². The summed E-state index contributed by atoms with van der Waals surface area (Å²) in [7, 11) is 0. The summed E-state index contributed by atoms with van der Waals surface area (Å²) in [6, 6.07) is 21.6. The quantitative estimate of drug-likeness (QED) is 0.465. The Labute approximate surface area is 212 Å². The number of rotatable bonds is 9. The maximum atomic E-state index is 12.9. The van der Waals surface area contributed by atoms with Crippen molar-refractivity contribution in [2.24, 2.45) is 5.92 Å². The summed E-state index contributed by atoms with van der Waals surface area (Å²) in [5.74, 6) is -0.445. The lowest BCUT2D eigenvalue weighted by atomic mass is 10.0. The van der Waals surface area contributed by atoms with Crippen molar-refractivity contribution < 1.29 is 9.59 Å². The highest BCUT2D eigenvalue weighted by atomic mass is 32.1. The van der Waals surface area contributed by atoms with Crippen LogP contribution in [0.4, 0.5) is 5.69 Å². The van der Waals surface area contributed by atoms with Crippen molar-refractivity contribution in [3.05, 3.63) is 88.1 Å². The molecular weight excluding hydrogens is 456 g/mol. The fourth-order valence-electron chi connectivity index (χ4n) is 4.27. The molecule has 0 bridgehead atoms. The van der Waals surface area contributed by atoms with E-state index in [1.165, 1.54) is 22.5 Å². The summed E-state index contributed by atoms with van der Waals surface area (Å²) >= 11 is 1.37. The maximum Gasteiger partial charge on any atom is 0.262 e. The molecule has 4 rings (SSSR count). The van der Waals surface area contributed by atoms with E-state index in [1.54, 1.807) is 6.07 Å². The molecule has 7 heteroatoms. The van der Waals surface area contributed by atoms with Crippen LogP contribution in [0.5, 0.6) is 0 Å². The molecular formula is C28H34N4O2S. The summed E-state index contributed by atoms with van der Waals surface area (Å²) in [6.07, 6.45) is 0. The molecule has 3 aromatic rings. The Balaban J connectivity index is 1.25. The van der Waals surface area contributed by atoms with Crippen LogP contribution in [0.1, 0.15) is 34.6 Å². The Hall–Kier alpha value is -3.00. The van der Waals surface area contributed by atoms with Gasteiger partial charge in [-0.3, -0.25) is 19.4 Å². The topological polar surface area (TPSA) is 64.7 Å². The van der Waals surface area contributed by atoms with Crippen molar-refractivity contribution in [3.8, 4) is 0 Å². The molecule has 2 heterocycles. The summed E-state index contributed by atoms with van der Waals surface area (Å²) in [5.41, 5.74) is 3.33. The third-order valence-corrected chi connectivity index (χ3v) is 7.19. The van der Waals surface area contributed by atoms with Gasteiger partial charge >= 0.3 is 0 Å². The lowest BCUT2D eigenvalue weighted by Crippen LogP contribution is -2.47. The Morgan fingerprint density at radius 3 is 1.97 bits per heavy atom. The number of nitrogens with one attached hydrogen (secondary N) is 2. The molecule has 0 radical (unpaired) electrons. The van der Waals surface area contributed by atoms with E-state index in [2.05, 4.69) is 62.9 Å². The van der Waals surface area contributed by atoms with Crippen LogP contribution >= 0.6 is 11.3 Å². The predicted molar refractivity (Wildman–Crippen MR) is 142 cm³/mol. The van der Waals surface area contributed by atoms with Gasteiger partial charge in [0.25, 0.3) is 5.91 Å². The molecule has 184 valence electrons. The fourth-order valence-corrected chi connectivity index (χ4v) is 4.90. The number of carbonyl (C=O) groups is 2. The normalized spacial score (nSPS) is 15.6. The van der Waals surface area contributed by atoms with Gasteiger partial charge in [-0.2, -0.15) is 0 Å². The van der Waals surface area contributed by atoms with Crippen molar-refractivity contribution in [2.45, 2.75) is 33.0 Å². The molecule has 35 heavy (non-hydrogen) atoms. The predicted octanol–water partition coefficient (Wildman–Crippen LogP) is 4.46. The van der Waals surface area contributed by atoms with Gasteiger partial charge in [0.2, 0.25) is 5.91 Å². The molecule has 0 saturated carbocycles. The minimum atomic E-state index is -0.601. The van der Waals surface area contributed by atoms with Crippen LogP contribution in [0.3, 0.4) is 0 Å². The summed E-state index contributed by atoms with van der Waals surface area (Å²) in [5, 5.41) is 7.69. The Bertz CT molecular complexity index is 1080. The van der Waals surface area contributed by atoms with E-state index >= 15 is 0 Å². The molecule has 1 atom stereocenters. The van der Waals surface area contributed by atoms with Gasteiger partial charge < -0.3 is 10.6 Å². The molecule has 1 aliphatic rings. The number of amides is 2. The maximum absolute atomic E-state index is 12.9. The summed E-state index contributed by atoms with van der Waals surface area (Å²) in [4.78, 5) is 30.9. The number of nitrogens with zero attached hydrogens (tertiary/aromatic N) is 2. The first-order valence-electron chi connectivity index (χ1n) is 12.2. The summed E-state index contributed by atoms with van der Waals surface area (Å²) < 4.78 is 0. The Morgan fingerprint density at radius 2 is 1.43 bits per heavy atom. The van der Waals surface area contributed by atoms with Gasteiger partial charge in [0, 0.05) is 45.0 Å². The van der Waals surface area contributed by atoms with E-state index in [4.69, 9.17) is 0 Å². The highest BCUT2D eigenvalue weighted by molar-refractivity contribution is 7.12. The number of benzene rings is 2. The van der Waals surface area contributed by atoms with Crippen LogP contribution in [0.25, 0.3) is 0 Å². The highest BCUT2D eigenvalue weighted by Gasteiger charge is 2.25. The number of hydrogen-bond donors (Lipinski definition) is 2. The minimum absolute atomic E-state index is 0.0289. The molecule has 1 unspecified atom stereocenters. The second-order valence-corrected chi connectivity index (χ2v) is 10.3. The second kappa shape index (κ2) is 12.1. The van der Waals surface area contributed by atoms with Gasteiger partial charge in [0.15, 0.2) is 0 Å². The fraction of sp³-hybridized carbons (Fsp3) is 0.357. The van der Waals surface area contributed by atoms with Gasteiger partial charge in [-0.05, 0) is 40.6 Å². The third-order valence-electron chi connectivity index (χ3n) is 6.32. The van der Waals surface area contributed by atoms with Gasteiger partial charge in [-0.1, -0.05) is 62.4 Å². The zero-order valence-electron chi connectivity index (χ0n) is 20.4. The van der Waals surface area contributed by atoms with Crippen LogP contribution in [0.2, 0.25) is 0 Å². The van der Waals surface area contributed by atoms with Crippen molar-refractivity contribution >= 4 is 28.8 Å². The SMILES string of the molecule is CC(C)C(NC(=O)c1cccs1)C(=O)Nc1ccc(CN2CCN(Cc3ccccc3)CC2)cc1. The van der Waals surface area contributed by atoms with Crippen molar-refractivity contribution in [1.82, 2.24) is 15.1 Å². The van der Waals surface area contributed by atoms with Crippen LogP contribution in [0, 0.1) is 5.92 Å². The largest absolute Gasteiger partial charge is 0.339 e. The molecule has 1 fully saturated rings. The summed E-state index contributed by atoms with van der Waals surface area (Å²) in [6.45, 7) is 10.0. The van der Waals surface area contributed by atoms with E-state index in [9.17, 15) is 9.59 Å². The average Bonchev–Trinajstić information content (AvgIpc) is 3.40. The number of thiophene rings is 1. The lowest BCUT2D eigenvalue weighted by molar-refractivity contribution is -0.118. The Kier molecular flexibility index (Phi) is 8.69. The van der Waals surface area contributed by atoms with Crippen molar-refractivity contribution in [3.63, 3.8) is 0 Å². The van der Waals surface area contributed by atoms with Crippen molar-refractivity contribution in [2.75, 3.05) is 31.5 Å². The monoisotopic (exact) mass is 490 g/mol. The van der Waals surface area contributed by atoms with Crippen LogP contribution < -0.4 is 10.6 Å². The molecule has 2 aromatic carbocycles. The number of piperazine rings is 1. The first-order valence-corrected chi connectivity index (χ1v) is 13.1. The van der Waals surface area contributed by atoms with E-state index < -0.39 is 6.04 Å². The zero-order valence-corrected chi connectivity index (χ0v) is 21.3. The number of hydrogen-bond acceptors (Lipinski definition) is 5. The molecule has 2 N–H and O–H groups in total. The van der Waals surface area contributed by atoms with Crippen molar-refractivity contribution in [1.29, 1.82) is 0 Å². The molecule has 1 aromatic heterocycles. The smallest absolute Gasteiger partial charge is 0.262 e. The first kappa shape index (κ1) is 25.1. The van der Waals surface area contributed by atoms with Gasteiger partial charge in [0.1, 0.15) is 6.04 Å². The molecule has 0 spiro atoms. The van der Waals surface area contributed by atoms with Gasteiger partial charge in [-0.15, -0.1) is 11.3 Å². The highest BCUT2D eigenvalue weighted by Crippen LogP contribution is 2.16. The zero-order chi connectivity index (χ0) is 24.6. The van der Waals surface area contributed by atoms with Crippen LogP contribution in [0.15, 0.2) is 72.1 Å². The minimum Gasteiger partial charge on any atom is -0.339 e. The van der Waals surface area contributed by atoms with E-state index in [-0.39, 0.29) is 17.7 Å². The van der Waals surface area contributed by atoms with Crippen LogP contribution in [-0.2, 0) is 17.9 Å². The van der Waals surface area contributed by atoms with Crippen LogP contribution in [-0.4, -0.2) is 53.8 Å². The Morgan fingerprint density at radius 1 is 0.829 bits per heavy atom. The lowest BCUT2D eigenvalue weighted by Gasteiger charge is -2.34. The number of anilines is 1. The van der Waals surface area contributed by atoms with E-state index in [0.29, 0.717) is 4.88 Å². The molecule has 1 saturated heterocycles. The molecule has 0 aliphatic carbocycles. The third kappa shape index (κ3) is 7.24. The molecule has 2 amide bonds. The standard InChI is InChI=1S/C28H34N4O2S/c1-21(2)26(30-27(33)25-9-6-18-35-25)28(34)29-24-12-10-23(11-13-24)20-32-16-14-31(15-17-32)19-22-7-4-3-5-8-22/h3-13,18,21,26H,14-17,19-20H2,1-2H3,(H,29,34)(H,30,33). The number of carbonyl (C=O) groups excluding carboxylic acids is 2. The second-order valence-electron chi connectivity index (χ2n) is 9.40. The van der Waals surface area contributed by atoms with Gasteiger partial charge in [-0.25, -0.2) is 0 Å². The first-order chi connectivity index (χ1) is 17.0. The molecule has 1 aliphatic heterocycles.